The van der Waals surface area contributed by atoms with Gasteiger partial charge in [0.25, 0.3) is 5.84 Å². The lowest BCUT2D eigenvalue weighted by Crippen LogP contribution is -2.27. The highest BCUT2D eigenvalue weighted by atomic mass is 16.6. The highest BCUT2D eigenvalue weighted by Crippen LogP contribution is 1.76. The summed E-state index contributed by atoms with van der Waals surface area (Å²) in [5.74, 6) is -0.376. The van der Waals surface area contributed by atoms with Crippen molar-refractivity contribution in [2.45, 2.75) is 6.92 Å². The van der Waals surface area contributed by atoms with Crippen molar-refractivity contribution in [3.63, 3.8) is 0 Å². The number of carbonyl (C=O) groups is 1. The number of amides is 1. The second-order valence-electron chi connectivity index (χ2n) is 1.40. The van der Waals surface area contributed by atoms with Gasteiger partial charge in [0.05, 0.1) is 0 Å². The first-order valence-corrected chi connectivity index (χ1v) is 2.80. The minimum Gasteiger partial charge on any atom is -0.465 e. The fourth-order valence-electron chi connectivity index (χ4n) is 0.302. The molecule has 0 bridgehead atoms. The minimum atomic E-state index is -1.34. The quantitative estimate of drug-likeness (QED) is 0.338. The van der Waals surface area contributed by atoms with Gasteiger partial charge in [0.1, 0.15) is 12.7 Å². The maximum absolute atomic E-state index is 9.93. The maximum atomic E-state index is 9.93. The van der Waals surface area contributed by atoms with Crippen molar-refractivity contribution < 1.29 is 14.7 Å². The van der Waals surface area contributed by atoms with Crippen molar-refractivity contribution in [1.82, 2.24) is 5.32 Å². The second-order valence-corrected chi connectivity index (χ2v) is 1.40. The van der Waals surface area contributed by atoms with Crippen molar-refractivity contribution >= 4 is 11.9 Å². The number of hydrogen-bond donors (Lipinski definition) is 2. The SMILES string of the molecule is CCO/N=C(/C#N)NC(=O)O. The molecule has 60 valence electrons. The summed E-state index contributed by atoms with van der Waals surface area (Å²) in [4.78, 5) is 14.4. The van der Waals surface area contributed by atoms with Gasteiger partial charge in [0.2, 0.25) is 0 Å². The molecule has 2 N–H and O–H groups in total. The third kappa shape index (κ3) is 4.72. The molecule has 0 aliphatic heterocycles. The topological polar surface area (TPSA) is 94.7 Å². The Labute approximate surface area is 63.1 Å². The highest BCUT2D eigenvalue weighted by molar-refractivity contribution is 6.04. The van der Waals surface area contributed by atoms with Crippen LogP contribution in [0, 0.1) is 11.3 Å². The second kappa shape index (κ2) is 5.05. The van der Waals surface area contributed by atoms with Crippen LogP contribution in [-0.2, 0) is 4.84 Å². The predicted octanol–water partition coefficient (Wildman–Crippen LogP) is 0.128. The first-order chi connectivity index (χ1) is 5.20. The molecule has 0 aliphatic carbocycles. The molecular formula is C5H7N3O3. The van der Waals surface area contributed by atoms with Crippen molar-refractivity contribution in [2.24, 2.45) is 5.16 Å². The Hall–Kier alpha value is -1.77. The average Bonchev–Trinajstić information content (AvgIpc) is 1.97. The molecule has 0 aromatic carbocycles. The van der Waals surface area contributed by atoms with E-state index >= 15 is 0 Å². The van der Waals surface area contributed by atoms with Crippen LogP contribution in [0.1, 0.15) is 6.92 Å². The van der Waals surface area contributed by atoms with Crippen LogP contribution in [0.4, 0.5) is 4.79 Å². The molecule has 0 aromatic heterocycles. The number of carboxylic acid groups (broad SMARTS) is 1. The number of amidine groups is 1. The first kappa shape index (κ1) is 9.23. The number of nitriles is 1. The lowest BCUT2D eigenvalue weighted by molar-refractivity contribution is 0.157. The van der Waals surface area contributed by atoms with Gasteiger partial charge in [-0.1, -0.05) is 5.16 Å². The highest BCUT2D eigenvalue weighted by Gasteiger charge is 2.01. The Morgan fingerprint density at radius 1 is 1.91 bits per heavy atom. The van der Waals surface area contributed by atoms with E-state index in [0.717, 1.165) is 0 Å². The summed E-state index contributed by atoms with van der Waals surface area (Å²) in [7, 11) is 0. The summed E-state index contributed by atoms with van der Waals surface area (Å²) in [5.41, 5.74) is 0. The molecule has 0 radical (unpaired) electrons. The molecule has 0 saturated carbocycles. The molecule has 6 heteroatoms. The fourth-order valence-corrected chi connectivity index (χ4v) is 0.302. The zero-order valence-corrected chi connectivity index (χ0v) is 5.87. The normalized spacial score (nSPS) is 10.0. The molecule has 0 unspecified atom stereocenters. The number of nitrogens with one attached hydrogen (secondary N) is 1. The summed E-state index contributed by atoms with van der Waals surface area (Å²) in [5, 5.41) is 21.2. The summed E-state index contributed by atoms with van der Waals surface area (Å²) < 4.78 is 0. The standard InChI is InChI=1S/C5H7N3O3/c1-2-11-8-4(3-6)7-5(9)10/h2H2,1H3,(H,7,8)(H,9,10). The first-order valence-electron chi connectivity index (χ1n) is 2.80. The lowest BCUT2D eigenvalue weighted by Gasteiger charge is -1.95. The van der Waals surface area contributed by atoms with Crippen LogP contribution < -0.4 is 5.32 Å². The van der Waals surface area contributed by atoms with E-state index in [2.05, 4.69) is 9.99 Å². The van der Waals surface area contributed by atoms with Gasteiger partial charge in [0.15, 0.2) is 0 Å². The van der Waals surface area contributed by atoms with Gasteiger partial charge >= 0.3 is 6.09 Å². The van der Waals surface area contributed by atoms with Gasteiger partial charge in [-0.2, -0.15) is 5.26 Å². The van der Waals surface area contributed by atoms with Crippen molar-refractivity contribution in [2.75, 3.05) is 6.61 Å². The van der Waals surface area contributed by atoms with Gasteiger partial charge in [0, 0.05) is 0 Å². The molecule has 6 nitrogen and oxygen atoms in total. The summed E-state index contributed by atoms with van der Waals surface area (Å²) in [6, 6.07) is 1.50. The summed E-state index contributed by atoms with van der Waals surface area (Å²) in [6.45, 7) is 1.95. The van der Waals surface area contributed by atoms with Gasteiger partial charge < -0.3 is 9.94 Å². The molecule has 11 heavy (non-hydrogen) atoms. The van der Waals surface area contributed by atoms with Gasteiger partial charge in [-0.05, 0) is 6.92 Å². The van der Waals surface area contributed by atoms with E-state index < -0.39 is 6.09 Å². The van der Waals surface area contributed by atoms with Gasteiger partial charge in [-0.3, -0.25) is 5.32 Å². The number of rotatable bonds is 2. The number of nitrogens with zero attached hydrogens (tertiary/aromatic N) is 2. The molecule has 0 heterocycles. The minimum absolute atomic E-state index is 0.284. The Morgan fingerprint density at radius 3 is 2.91 bits per heavy atom. The van der Waals surface area contributed by atoms with Crippen molar-refractivity contribution in [3.8, 4) is 6.07 Å². The number of oxime groups is 1. The zero-order valence-electron chi connectivity index (χ0n) is 5.87. The molecular weight excluding hydrogens is 150 g/mol. The van der Waals surface area contributed by atoms with E-state index in [0.29, 0.717) is 0 Å². The molecule has 0 saturated heterocycles. The smallest absolute Gasteiger partial charge is 0.410 e. The molecule has 0 atom stereocenters. The summed E-state index contributed by atoms with van der Waals surface area (Å²) in [6.07, 6.45) is -1.34. The Balaban J connectivity index is 3.97. The van der Waals surface area contributed by atoms with E-state index in [4.69, 9.17) is 10.4 Å². The Morgan fingerprint density at radius 2 is 2.55 bits per heavy atom. The van der Waals surface area contributed by atoms with Crippen LogP contribution >= 0.6 is 0 Å². The fraction of sp³-hybridized carbons (Fsp3) is 0.400. The summed E-state index contributed by atoms with van der Waals surface area (Å²) >= 11 is 0. The molecule has 0 aliphatic rings. The monoisotopic (exact) mass is 157 g/mol. The molecule has 0 fully saturated rings. The molecule has 0 rings (SSSR count). The third-order valence-corrected chi connectivity index (χ3v) is 0.616. The predicted molar refractivity (Wildman–Crippen MR) is 35.8 cm³/mol. The maximum Gasteiger partial charge on any atom is 0.410 e. The van der Waals surface area contributed by atoms with Crippen LogP contribution in [-0.4, -0.2) is 23.6 Å². The van der Waals surface area contributed by atoms with E-state index in [1.165, 1.54) is 6.07 Å². The number of hydrogen-bond acceptors (Lipinski definition) is 4. The molecule has 0 spiro atoms. The van der Waals surface area contributed by atoms with Crippen LogP contribution in [0.3, 0.4) is 0 Å². The Bertz CT molecular complexity index is 206. The van der Waals surface area contributed by atoms with Crippen molar-refractivity contribution in [3.05, 3.63) is 0 Å². The molecule has 1 amide bonds. The van der Waals surface area contributed by atoms with Gasteiger partial charge in [-0.15, -0.1) is 0 Å². The van der Waals surface area contributed by atoms with Crippen LogP contribution in [0.2, 0.25) is 0 Å². The van der Waals surface area contributed by atoms with E-state index in [1.807, 2.05) is 0 Å². The van der Waals surface area contributed by atoms with E-state index in [9.17, 15) is 4.79 Å². The van der Waals surface area contributed by atoms with E-state index in [-0.39, 0.29) is 12.4 Å². The third-order valence-electron chi connectivity index (χ3n) is 0.616. The molecule has 0 aromatic rings. The van der Waals surface area contributed by atoms with Crippen LogP contribution in [0.5, 0.6) is 0 Å². The lowest BCUT2D eigenvalue weighted by atomic mass is 10.6. The van der Waals surface area contributed by atoms with Gasteiger partial charge in [-0.25, -0.2) is 4.79 Å². The van der Waals surface area contributed by atoms with Crippen molar-refractivity contribution in [1.29, 1.82) is 5.26 Å². The van der Waals surface area contributed by atoms with Crippen LogP contribution in [0.25, 0.3) is 0 Å². The largest absolute Gasteiger partial charge is 0.465 e. The Kier molecular flexibility index (Phi) is 4.24. The average molecular weight is 157 g/mol. The van der Waals surface area contributed by atoms with E-state index in [1.54, 1.807) is 12.2 Å². The zero-order chi connectivity index (χ0) is 8.69. The van der Waals surface area contributed by atoms with Crippen LogP contribution in [0.15, 0.2) is 5.16 Å².